The van der Waals surface area contributed by atoms with Gasteiger partial charge in [-0.25, -0.2) is 9.97 Å². The fourth-order valence-electron chi connectivity index (χ4n) is 4.98. The number of aryl methyl sites for hydroxylation is 1. The molecule has 0 saturated carbocycles. The summed E-state index contributed by atoms with van der Waals surface area (Å²) in [6.45, 7) is 2.47. The van der Waals surface area contributed by atoms with Crippen molar-refractivity contribution in [2.24, 2.45) is 7.05 Å². The van der Waals surface area contributed by atoms with Crippen LogP contribution in [-0.2, 0) is 16.5 Å². The third-order valence-electron chi connectivity index (χ3n) is 6.82. The van der Waals surface area contributed by atoms with E-state index >= 15 is 0 Å². The van der Waals surface area contributed by atoms with Crippen LogP contribution >= 0.6 is 0 Å². The van der Waals surface area contributed by atoms with Crippen LogP contribution in [0, 0.1) is 11.3 Å². The lowest BCUT2D eigenvalue weighted by atomic mass is 10.0. The van der Waals surface area contributed by atoms with Crippen LogP contribution in [0.1, 0.15) is 24.2 Å². The number of rotatable bonds is 3. The number of imidazole rings is 1. The molecule has 4 aromatic rings. The molecule has 0 atom stereocenters. The molecule has 9 nitrogen and oxygen atoms in total. The highest BCUT2D eigenvalue weighted by Gasteiger charge is 2.40. The van der Waals surface area contributed by atoms with Gasteiger partial charge in [0.25, 0.3) is 5.56 Å². The number of fused-ring (bicyclic) bond motifs is 2. The molecular weight excluding hydrogens is 444 g/mol. The van der Waals surface area contributed by atoms with E-state index in [1.165, 1.54) is 4.40 Å². The summed E-state index contributed by atoms with van der Waals surface area (Å²) < 4.78 is 15.1. The van der Waals surface area contributed by atoms with Crippen LogP contribution < -0.4 is 10.5 Å². The summed E-state index contributed by atoms with van der Waals surface area (Å²) in [5.74, 6) is 0.520. The van der Waals surface area contributed by atoms with Gasteiger partial charge in [0.05, 0.1) is 35.4 Å². The molecule has 0 bridgehead atoms. The van der Waals surface area contributed by atoms with Crippen molar-refractivity contribution in [2.45, 2.75) is 18.6 Å². The van der Waals surface area contributed by atoms with Gasteiger partial charge in [-0.3, -0.25) is 9.20 Å². The highest BCUT2D eigenvalue weighted by atomic mass is 16.7. The van der Waals surface area contributed by atoms with E-state index in [9.17, 15) is 10.1 Å². The number of pyridine rings is 1. The predicted molar refractivity (Wildman–Crippen MR) is 132 cm³/mol. The SMILES string of the molecule is Cn1c(/C(C#N)=C\c2c(N3CCC4(CC3)OCCO4)nc3ccccn3c2=O)nc2ccccc21. The van der Waals surface area contributed by atoms with Gasteiger partial charge < -0.3 is 18.9 Å². The number of anilines is 1. The van der Waals surface area contributed by atoms with E-state index in [1.807, 2.05) is 48.0 Å². The summed E-state index contributed by atoms with van der Waals surface area (Å²) in [6.07, 6.45) is 4.68. The Hall–Kier alpha value is -4.00. The lowest BCUT2D eigenvalue weighted by Crippen LogP contribution is -2.46. The first kappa shape index (κ1) is 21.5. The summed E-state index contributed by atoms with van der Waals surface area (Å²) in [4.78, 5) is 25.2. The highest BCUT2D eigenvalue weighted by Crippen LogP contribution is 2.34. The third kappa shape index (κ3) is 3.58. The maximum absolute atomic E-state index is 13.6. The van der Waals surface area contributed by atoms with Crippen molar-refractivity contribution in [3.63, 3.8) is 0 Å². The number of hydrogen-bond acceptors (Lipinski definition) is 7. The lowest BCUT2D eigenvalue weighted by molar-refractivity contribution is -0.169. The quantitative estimate of drug-likeness (QED) is 0.426. The molecule has 176 valence electrons. The van der Waals surface area contributed by atoms with Gasteiger partial charge in [-0.05, 0) is 30.3 Å². The van der Waals surface area contributed by atoms with Crippen LogP contribution in [-0.4, -0.2) is 51.0 Å². The van der Waals surface area contributed by atoms with Gasteiger partial charge in [-0.1, -0.05) is 18.2 Å². The minimum Gasteiger partial charge on any atom is -0.355 e. The van der Waals surface area contributed by atoms with Gasteiger partial charge in [0.2, 0.25) is 0 Å². The number of nitriles is 1. The van der Waals surface area contributed by atoms with Gasteiger partial charge in [0, 0.05) is 39.2 Å². The zero-order valence-corrected chi connectivity index (χ0v) is 19.3. The van der Waals surface area contributed by atoms with Crippen LogP contribution in [0.2, 0.25) is 0 Å². The second-order valence-electron chi connectivity index (χ2n) is 8.83. The smallest absolute Gasteiger partial charge is 0.267 e. The number of piperidine rings is 1. The Morgan fingerprint density at radius 3 is 2.57 bits per heavy atom. The Bertz CT molecular complexity index is 1560. The Balaban J connectivity index is 1.49. The van der Waals surface area contributed by atoms with Crippen LogP contribution in [0.15, 0.2) is 53.5 Å². The molecule has 6 rings (SSSR count). The van der Waals surface area contributed by atoms with E-state index < -0.39 is 5.79 Å². The fraction of sp³-hybridized carbons (Fsp3) is 0.308. The summed E-state index contributed by atoms with van der Waals surface area (Å²) in [5, 5.41) is 10.1. The number of nitrogens with zero attached hydrogens (tertiary/aromatic N) is 6. The van der Waals surface area contributed by atoms with Crippen molar-refractivity contribution in [3.8, 4) is 6.07 Å². The molecule has 1 spiro atoms. The summed E-state index contributed by atoms with van der Waals surface area (Å²) in [5.41, 5.74) is 2.69. The molecule has 3 aromatic heterocycles. The number of para-hydroxylation sites is 2. The zero-order chi connectivity index (χ0) is 24.0. The molecule has 2 saturated heterocycles. The van der Waals surface area contributed by atoms with Crippen molar-refractivity contribution in [2.75, 3.05) is 31.2 Å². The van der Waals surface area contributed by atoms with E-state index in [0.717, 1.165) is 11.0 Å². The zero-order valence-electron chi connectivity index (χ0n) is 19.3. The molecular formula is C26H24N6O3. The molecule has 0 aliphatic carbocycles. The molecule has 0 N–H and O–H groups in total. The number of allylic oxidation sites excluding steroid dienone is 1. The number of ether oxygens (including phenoxy) is 2. The van der Waals surface area contributed by atoms with E-state index in [0.29, 0.717) is 67.6 Å². The Morgan fingerprint density at radius 1 is 1.09 bits per heavy atom. The maximum Gasteiger partial charge on any atom is 0.267 e. The molecule has 2 aliphatic heterocycles. The van der Waals surface area contributed by atoms with Crippen LogP contribution in [0.3, 0.4) is 0 Å². The first-order chi connectivity index (χ1) is 17.1. The van der Waals surface area contributed by atoms with Crippen molar-refractivity contribution in [3.05, 3.63) is 70.4 Å². The Kier molecular flexibility index (Phi) is 5.13. The van der Waals surface area contributed by atoms with E-state index in [2.05, 4.69) is 16.0 Å². The van der Waals surface area contributed by atoms with Gasteiger partial charge in [0.1, 0.15) is 17.5 Å². The van der Waals surface area contributed by atoms with Crippen molar-refractivity contribution in [1.29, 1.82) is 5.26 Å². The summed E-state index contributed by atoms with van der Waals surface area (Å²) in [7, 11) is 1.87. The average Bonchev–Trinajstić information content (AvgIpc) is 3.48. The van der Waals surface area contributed by atoms with Crippen molar-refractivity contribution in [1.82, 2.24) is 18.9 Å². The van der Waals surface area contributed by atoms with Gasteiger partial charge in [0.15, 0.2) is 11.6 Å². The van der Waals surface area contributed by atoms with Gasteiger partial charge in [-0.15, -0.1) is 0 Å². The average molecular weight is 469 g/mol. The van der Waals surface area contributed by atoms with Crippen LogP contribution in [0.25, 0.3) is 28.3 Å². The van der Waals surface area contributed by atoms with Crippen molar-refractivity contribution >= 4 is 34.1 Å². The highest BCUT2D eigenvalue weighted by molar-refractivity contribution is 5.92. The molecule has 5 heterocycles. The Labute approximate surface area is 201 Å². The number of aromatic nitrogens is 4. The topological polar surface area (TPSA) is 97.7 Å². The normalized spacial score (nSPS) is 17.9. The second-order valence-corrected chi connectivity index (χ2v) is 8.83. The standard InChI is InChI=1S/C26H24N6O3/c1-30-21-7-3-2-6-20(21)28-23(30)18(17-27)16-19-24(29-22-8-4-5-11-32(22)25(19)33)31-12-9-26(10-13-31)34-14-15-35-26/h2-8,11,16H,9-10,12-15H2,1H3/b18-16-. The van der Waals surface area contributed by atoms with E-state index in [-0.39, 0.29) is 5.56 Å². The predicted octanol–water partition coefficient (Wildman–Crippen LogP) is 2.99. The first-order valence-electron chi connectivity index (χ1n) is 11.7. The lowest BCUT2D eigenvalue weighted by Gasteiger charge is -2.38. The third-order valence-corrected chi connectivity index (χ3v) is 6.82. The summed E-state index contributed by atoms with van der Waals surface area (Å²) in [6, 6.07) is 15.4. The van der Waals surface area contributed by atoms with E-state index in [1.54, 1.807) is 18.3 Å². The van der Waals surface area contributed by atoms with E-state index in [4.69, 9.17) is 14.5 Å². The number of benzene rings is 1. The molecule has 2 fully saturated rings. The molecule has 35 heavy (non-hydrogen) atoms. The van der Waals surface area contributed by atoms with Crippen LogP contribution in [0.5, 0.6) is 0 Å². The molecule has 2 aliphatic rings. The van der Waals surface area contributed by atoms with Crippen molar-refractivity contribution < 1.29 is 9.47 Å². The fourth-order valence-corrected chi connectivity index (χ4v) is 4.98. The molecule has 9 heteroatoms. The second kappa shape index (κ2) is 8.34. The van der Waals surface area contributed by atoms with Gasteiger partial charge >= 0.3 is 0 Å². The molecule has 1 aromatic carbocycles. The number of hydrogen-bond donors (Lipinski definition) is 0. The summed E-state index contributed by atoms with van der Waals surface area (Å²) >= 11 is 0. The maximum atomic E-state index is 13.6. The largest absolute Gasteiger partial charge is 0.355 e. The minimum atomic E-state index is -0.538. The molecule has 0 unspecified atom stereocenters. The Morgan fingerprint density at radius 2 is 1.83 bits per heavy atom. The molecule has 0 radical (unpaired) electrons. The first-order valence-corrected chi connectivity index (χ1v) is 11.7. The monoisotopic (exact) mass is 468 g/mol. The van der Waals surface area contributed by atoms with Crippen LogP contribution in [0.4, 0.5) is 5.82 Å². The minimum absolute atomic E-state index is 0.231. The molecule has 0 amide bonds. The van der Waals surface area contributed by atoms with Gasteiger partial charge in [-0.2, -0.15) is 5.26 Å².